The molecule has 1 atom stereocenters. The lowest BCUT2D eigenvalue weighted by Crippen LogP contribution is -2.35. The molecule has 37 heavy (non-hydrogen) atoms. The van der Waals surface area contributed by atoms with E-state index in [1.165, 1.54) is 5.56 Å². The van der Waals surface area contributed by atoms with E-state index in [9.17, 15) is 5.26 Å². The summed E-state index contributed by atoms with van der Waals surface area (Å²) in [4.78, 5) is 11.3. The number of aromatic nitrogens is 3. The van der Waals surface area contributed by atoms with Crippen molar-refractivity contribution in [2.24, 2.45) is 10.7 Å². The molecule has 184 valence electrons. The zero-order valence-corrected chi connectivity index (χ0v) is 20.5. The molecule has 1 saturated heterocycles. The first-order valence-electron chi connectivity index (χ1n) is 12.6. The first-order chi connectivity index (χ1) is 18.2. The number of pyridine rings is 1. The van der Waals surface area contributed by atoms with Gasteiger partial charge in [0.25, 0.3) is 0 Å². The van der Waals surface area contributed by atoms with E-state index in [2.05, 4.69) is 72.4 Å². The summed E-state index contributed by atoms with van der Waals surface area (Å²) < 4.78 is 2.08. The molecular weight excluding hydrogens is 460 g/mol. The van der Waals surface area contributed by atoms with Crippen molar-refractivity contribution in [3.05, 3.63) is 89.7 Å². The van der Waals surface area contributed by atoms with Crippen LogP contribution in [0.5, 0.6) is 0 Å². The minimum absolute atomic E-state index is 0.337. The standard InChI is InChI=1S/C29H28N8/c30-15-21-14-25(22-4-2-1-3-5-22)27(32-16-21)23-8-6-20(7-9-23)18-36-12-10-24(11-13-36)37-29-26(17-35-37)28(31)33-19-34-29/h1-9,14,16-17,19,24,28H,10-13,18,31H2,(H,33,34). The lowest BCUT2D eigenvalue weighted by Gasteiger charge is -2.33. The van der Waals surface area contributed by atoms with E-state index in [4.69, 9.17) is 5.73 Å². The summed E-state index contributed by atoms with van der Waals surface area (Å²) in [6, 6.07) is 23.2. The molecule has 8 heteroatoms. The second kappa shape index (κ2) is 9.97. The molecule has 0 saturated carbocycles. The summed E-state index contributed by atoms with van der Waals surface area (Å²) in [6.07, 6.45) is 6.89. The van der Waals surface area contributed by atoms with Crippen molar-refractivity contribution in [3.8, 4) is 28.5 Å². The van der Waals surface area contributed by atoms with Crippen molar-refractivity contribution in [1.82, 2.24) is 19.7 Å². The molecular formula is C29H28N8. The number of rotatable bonds is 5. The summed E-state index contributed by atoms with van der Waals surface area (Å²) in [6.45, 7) is 2.93. The van der Waals surface area contributed by atoms with E-state index < -0.39 is 0 Å². The Kier molecular flexibility index (Phi) is 6.23. The van der Waals surface area contributed by atoms with Gasteiger partial charge >= 0.3 is 0 Å². The molecule has 1 fully saturated rings. The number of nitriles is 1. The van der Waals surface area contributed by atoms with Gasteiger partial charge in [0, 0.05) is 37.0 Å². The Balaban J connectivity index is 1.13. The first-order valence-corrected chi connectivity index (χ1v) is 12.6. The number of benzene rings is 2. The molecule has 1 unspecified atom stereocenters. The number of anilines is 1. The van der Waals surface area contributed by atoms with Crippen LogP contribution in [-0.2, 0) is 6.54 Å². The van der Waals surface area contributed by atoms with Gasteiger partial charge in [-0.05, 0) is 30.0 Å². The van der Waals surface area contributed by atoms with E-state index in [0.29, 0.717) is 11.6 Å². The minimum Gasteiger partial charge on any atom is -0.331 e. The van der Waals surface area contributed by atoms with Crippen LogP contribution in [0.4, 0.5) is 5.82 Å². The summed E-state index contributed by atoms with van der Waals surface area (Å²) in [5.41, 5.74) is 12.8. The van der Waals surface area contributed by atoms with Gasteiger partial charge in [0.15, 0.2) is 0 Å². The molecule has 2 aromatic carbocycles. The van der Waals surface area contributed by atoms with E-state index in [0.717, 1.165) is 66.2 Å². The fourth-order valence-electron chi connectivity index (χ4n) is 5.22. The minimum atomic E-state index is -0.337. The van der Waals surface area contributed by atoms with Crippen LogP contribution in [0.3, 0.4) is 0 Å². The lowest BCUT2D eigenvalue weighted by molar-refractivity contribution is 0.174. The van der Waals surface area contributed by atoms with Crippen molar-refractivity contribution in [3.63, 3.8) is 0 Å². The van der Waals surface area contributed by atoms with Crippen molar-refractivity contribution in [2.45, 2.75) is 31.6 Å². The maximum atomic E-state index is 9.38. The topological polar surface area (TPSA) is 108 Å². The average Bonchev–Trinajstić information content (AvgIpc) is 3.40. The Morgan fingerprint density at radius 2 is 1.78 bits per heavy atom. The van der Waals surface area contributed by atoms with Gasteiger partial charge in [0.1, 0.15) is 18.1 Å². The second-order valence-corrected chi connectivity index (χ2v) is 9.56. The predicted molar refractivity (Wildman–Crippen MR) is 145 cm³/mol. The van der Waals surface area contributed by atoms with E-state index in [1.54, 1.807) is 12.5 Å². The third kappa shape index (κ3) is 4.62. The number of fused-ring (bicyclic) bond motifs is 1. The number of nitrogens with zero attached hydrogens (tertiary/aromatic N) is 6. The number of likely N-dealkylation sites (tertiary alicyclic amines) is 1. The monoisotopic (exact) mass is 488 g/mol. The van der Waals surface area contributed by atoms with E-state index >= 15 is 0 Å². The average molecular weight is 489 g/mol. The second-order valence-electron chi connectivity index (χ2n) is 9.56. The molecule has 0 aliphatic carbocycles. The van der Waals surface area contributed by atoms with Crippen LogP contribution in [0.2, 0.25) is 0 Å². The van der Waals surface area contributed by atoms with Gasteiger partial charge in [-0.2, -0.15) is 10.4 Å². The molecule has 0 radical (unpaired) electrons. The van der Waals surface area contributed by atoms with Crippen molar-refractivity contribution in [2.75, 3.05) is 18.4 Å². The molecule has 0 bridgehead atoms. The Morgan fingerprint density at radius 3 is 2.54 bits per heavy atom. The van der Waals surface area contributed by atoms with Gasteiger partial charge in [0.2, 0.25) is 0 Å². The van der Waals surface area contributed by atoms with E-state index in [1.807, 2.05) is 30.5 Å². The molecule has 6 rings (SSSR count). The van der Waals surface area contributed by atoms with Crippen LogP contribution in [-0.4, -0.2) is 39.1 Å². The highest BCUT2D eigenvalue weighted by Gasteiger charge is 2.26. The maximum absolute atomic E-state index is 9.38. The van der Waals surface area contributed by atoms with Crippen LogP contribution in [0.25, 0.3) is 22.4 Å². The highest BCUT2D eigenvalue weighted by atomic mass is 15.4. The summed E-state index contributed by atoms with van der Waals surface area (Å²) in [7, 11) is 0. The third-order valence-electron chi connectivity index (χ3n) is 7.22. The molecule has 3 N–H and O–H groups in total. The number of piperidine rings is 1. The molecule has 0 amide bonds. The van der Waals surface area contributed by atoms with Crippen LogP contribution in [0.1, 0.15) is 41.7 Å². The molecule has 2 aliphatic heterocycles. The van der Waals surface area contributed by atoms with Gasteiger partial charge in [-0.25, -0.2) is 4.68 Å². The molecule has 0 spiro atoms. The van der Waals surface area contributed by atoms with E-state index in [-0.39, 0.29) is 6.17 Å². The van der Waals surface area contributed by atoms with Crippen molar-refractivity contribution in [1.29, 1.82) is 5.26 Å². The first kappa shape index (κ1) is 23.1. The quantitative estimate of drug-likeness (QED) is 0.420. The fraction of sp³-hybridized carbons (Fsp3) is 0.241. The lowest BCUT2D eigenvalue weighted by atomic mass is 9.97. The highest BCUT2D eigenvalue weighted by Crippen LogP contribution is 2.33. The number of hydrogen-bond donors (Lipinski definition) is 2. The van der Waals surface area contributed by atoms with Gasteiger partial charge in [0.05, 0.1) is 35.4 Å². The van der Waals surface area contributed by atoms with Crippen molar-refractivity contribution >= 4 is 12.2 Å². The highest BCUT2D eigenvalue weighted by molar-refractivity contribution is 5.81. The SMILES string of the molecule is N#Cc1cnc(-c2ccc(CN3CCC(n4ncc5c4NC=NC5N)CC3)cc2)c(-c2ccccc2)c1. The zero-order valence-electron chi connectivity index (χ0n) is 20.5. The van der Waals surface area contributed by atoms with Crippen LogP contribution >= 0.6 is 0 Å². The van der Waals surface area contributed by atoms with Crippen molar-refractivity contribution < 1.29 is 0 Å². The van der Waals surface area contributed by atoms with Gasteiger partial charge in [-0.3, -0.25) is 14.9 Å². The van der Waals surface area contributed by atoms with Gasteiger partial charge in [-0.1, -0.05) is 54.6 Å². The molecule has 8 nitrogen and oxygen atoms in total. The predicted octanol–water partition coefficient (Wildman–Crippen LogP) is 4.73. The normalized spacial score (nSPS) is 17.7. The molecule has 4 heterocycles. The maximum Gasteiger partial charge on any atom is 0.136 e. The van der Waals surface area contributed by atoms with Crippen LogP contribution in [0, 0.1) is 11.3 Å². The molecule has 4 aromatic rings. The number of aliphatic imine (C=N–C) groups is 1. The Labute approximate surface area is 216 Å². The summed E-state index contributed by atoms with van der Waals surface area (Å²) >= 11 is 0. The van der Waals surface area contributed by atoms with Crippen LogP contribution < -0.4 is 11.1 Å². The van der Waals surface area contributed by atoms with Crippen LogP contribution in [0.15, 0.2) is 78.0 Å². The summed E-state index contributed by atoms with van der Waals surface area (Å²) in [5.74, 6) is 0.975. The fourth-order valence-corrected chi connectivity index (χ4v) is 5.22. The number of nitrogens with one attached hydrogen (secondary N) is 1. The summed E-state index contributed by atoms with van der Waals surface area (Å²) in [5, 5.41) is 17.2. The largest absolute Gasteiger partial charge is 0.331 e. The molecule has 2 aromatic heterocycles. The Hall–Kier alpha value is -4.32. The zero-order chi connectivity index (χ0) is 25.2. The van der Waals surface area contributed by atoms with Gasteiger partial charge in [-0.15, -0.1) is 0 Å². The number of nitrogens with two attached hydrogens (primary N) is 1. The van der Waals surface area contributed by atoms with Gasteiger partial charge < -0.3 is 11.1 Å². The molecule has 2 aliphatic rings. The Bertz CT molecular complexity index is 1460. The third-order valence-corrected chi connectivity index (χ3v) is 7.22. The Morgan fingerprint density at radius 1 is 1.00 bits per heavy atom. The smallest absolute Gasteiger partial charge is 0.136 e. The number of hydrogen-bond acceptors (Lipinski definition) is 7.